The number of rotatable bonds is 5. The van der Waals surface area contributed by atoms with Crippen LogP contribution in [0.15, 0.2) is 42.5 Å². The van der Waals surface area contributed by atoms with Gasteiger partial charge in [-0.3, -0.25) is 9.89 Å². The molecule has 33 heavy (non-hydrogen) atoms. The molecule has 0 bridgehead atoms. The van der Waals surface area contributed by atoms with E-state index in [2.05, 4.69) is 30.9 Å². The van der Waals surface area contributed by atoms with E-state index >= 15 is 0 Å². The van der Waals surface area contributed by atoms with E-state index in [4.69, 9.17) is 16.3 Å². The van der Waals surface area contributed by atoms with Crippen LogP contribution in [0.4, 0.5) is 4.79 Å². The summed E-state index contributed by atoms with van der Waals surface area (Å²) < 4.78 is 5.42. The van der Waals surface area contributed by atoms with Crippen LogP contribution in [0.5, 0.6) is 5.88 Å². The Kier molecular flexibility index (Phi) is 5.66. The average Bonchev–Trinajstić information content (AvgIpc) is 3.45. The largest absolute Gasteiger partial charge is 0.413 e. The Morgan fingerprint density at radius 1 is 1.18 bits per heavy atom. The zero-order valence-corrected chi connectivity index (χ0v) is 18.2. The van der Waals surface area contributed by atoms with E-state index in [0.717, 1.165) is 16.6 Å². The van der Waals surface area contributed by atoms with Crippen molar-refractivity contribution in [1.29, 1.82) is 0 Å². The number of amides is 2. The first-order valence-electron chi connectivity index (χ1n) is 10.4. The fraction of sp³-hybridized carbons (Fsp3) is 0.227. The molecule has 0 spiro atoms. The summed E-state index contributed by atoms with van der Waals surface area (Å²) >= 11 is 5.98. The molecular weight excluding hydrogens is 446 g/mol. The van der Waals surface area contributed by atoms with Crippen molar-refractivity contribution in [3.8, 4) is 5.88 Å². The van der Waals surface area contributed by atoms with E-state index in [-0.39, 0.29) is 5.91 Å². The van der Waals surface area contributed by atoms with Gasteiger partial charge in [0.2, 0.25) is 5.88 Å². The van der Waals surface area contributed by atoms with Gasteiger partial charge in [0, 0.05) is 29.2 Å². The Labute approximate surface area is 193 Å². The highest BCUT2D eigenvalue weighted by Crippen LogP contribution is 2.26. The van der Waals surface area contributed by atoms with E-state index in [9.17, 15) is 9.59 Å². The first-order chi connectivity index (χ1) is 16.1. The molecule has 3 N–H and O–H groups in total. The lowest BCUT2D eigenvalue weighted by Crippen LogP contribution is -2.36. The number of nitrogens with one attached hydrogen (secondary N) is 3. The van der Waals surface area contributed by atoms with Crippen molar-refractivity contribution in [2.24, 2.45) is 0 Å². The van der Waals surface area contributed by atoms with Crippen LogP contribution in [0.2, 0.25) is 5.02 Å². The number of hydrogen-bond acceptors (Lipinski definition) is 6. The van der Waals surface area contributed by atoms with Crippen molar-refractivity contribution in [2.75, 3.05) is 13.1 Å². The molecule has 3 heterocycles. The second-order valence-electron chi connectivity index (χ2n) is 7.69. The van der Waals surface area contributed by atoms with Crippen molar-refractivity contribution in [3.05, 3.63) is 69.9 Å². The normalized spacial score (nSPS) is 13.1. The fourth-order valence-corrected chi connectivity index (χ4v) is 4.04. The maximum atomic E-state index is 12.9. The monoisotopic (exact) mass is 465 g/mol. The second kappa shape index (κ2) is 8.91. The van der Waals surface area contributed by atoms with Crippen molar-refractivity contribution in [2.45, 2.75) is 19.4 Å². The molecule has 2 amide bonds. The van der Waals surface area contributed by atoms with Gasteiger partial charge in [0.05, 0.1) is 17.8 Å². The lowest BCUT2D eigenvalue weighted by molar-refractivity contribution is 0.0732. The molecule has 0 radical (unpaired) electrons. The minimum absolute atomic E-state index is 0.116. The van der Waals surface area contributed by atoms with E-state index in [0.29, 0.717) is 60.2 Å². The number of benzene rings is 2. The molecule has 11 heteroatoms. The zero-order chi connectivity index (χ0) is 22.8. The van der Waals surface area contributed by atoms with Crippen LogP contribution in [0.3, 0.4) is 0 Å². The highest BCUT2D eigenvalue weighted by molar-refractivity contribution is 6.30. The maximum Gasteiger partial charge on any atom is 0.413 e. The first-order valence-corrected chi connectivity index (χ1v) is 10.8. The molecule has 0 unspecified atom stereocenters. The van der Waals surface area contributed by atoms with Crippen LogP contribution < -0.4 is 10.1 Å². The van der Waals surface area contributed by atoms with Crippen molar-refractivity contribution in [3.63, 3.8) is 0 Å². The summed E-state index contributed by atoms with van der Waals surface area (Å²) in [6.07, 6.45) is 0.589. The summed E-state index contributed by atoms with van der Waals surface area (Å²) in [5, 5.41) is 20.9. The number of aromatic nitrogens is 5. The zero-order valence-electron chi connectivity index (χ0n) is 17.5. The number of aromatic amines is 2. The molecule has 1 aliphatic heterocycles. The van der Waals surface area contributed by atoms with Crippen molar-refractivity contribution in [1.82, 2.24) is 35.8 Å². The Morgan fingerprint density at radius 3 is 2.97 bits per heavy atom. The standard InChI is InChI=1S/C22H20ClN7O3/c23-15-3-1-2-13(10-15)6-8-24-22(32)33-20-16-7-9-30(12-19(16)25-28-20)21(31)14-4-5-17-18(11-14)27-29-26-17/h1-5,10-11H,6-9,12H2,(H,24,32)(H,25,28)(H,26,27,29). The predicted molar refractivity (Wildman–Crippen MR) is 120 cm³/mol. The van der Waals surface area contributed by atoms with Crippen LogP contribution in [-0.4, -0.2) is 55.6 Å². The number of fused-ring (bicyclic) bond motifs is 2. The minimum atomic E-state index is -0.567. The quantitative estimate of drug-likeness (QED) is 0.415. The summed E-state index contributed by atoms with van der Waals surface area (Å²) in [5.74, 6) is 0.191. The van der Waals surface area contributed by atoms with E-state index in [1.54, 1.807) is 29.2 Å². The van der Waals surface area contributed by atoms with Gasteiger partial charge in [-0.25, -0.2) is 9.89 Å². The van der Waals surface area contributed by atoms with Gasteiger partial charge in [0.15, 0.2) is 0 Å². The number of ether oxygens (including phenoxy) is 1. The molecule has 4 aromatic rings. The molecule has 5 rings (SSSR count). The lowest BCUT2D eigenvalue weighted by atomic mass is 10.1. The Bertz CT molecular complexity index is 1330. The van der Waals surface area contributed by atoms with Crippen molar-refractivity contribution < 1.29 is 14.3 Å². The predicted octanol–water partition coefficient (Wildman–Crippen LogP) is 2.86. The van der Waals surface area contributed by atoms with Crippen LogP contribution in [0.1, 0.15) is 27.2 Å². The van der Waals surface area contributed by atoms with Crippen molar-refractivity contribution >= 4 is 34.6 Å². The average molecular weight is 466 g/mol. The van der Waals surface area contributed by atoms with E-state index < -0.39 is 6.09 Å². The van der Waals surface area contributed by atoms with Crippen LogP contribution >= 0.6 is 11.6 Å². The number of H-pyrrole nitrogens is 2. The highest BCUT2D eigenvalue weighted by Gasteiger charge is 2.27. The van der Waals surface area contributed by atoms with Gasteiger partial charge >= 0.3 is 6.09 Å². The van der Waals surface area contributed by atoms with E-state index in [1.165, 1.54) is 0 Å². The summed E-state index contributed by atoms with van der Waals surface area (Å²) in [5.41, 5.74) is 4.44. The summed E-state index contributed by atoms with van der Waals surface area (Å²) in [6.45, 7) is 1.21. The van der Waals surface area contributed by atoms with E-state index in [1.807, 2.05) is 18.2 Å². The third kappa shape index (κ3) is 4.51. The summed E-state index contributed by atoms with van der Waals surface area (Å²) in [6, 6.07) is 12.7. The molecule has 168 valence electrons. The first kappa shape index (κ1) is 21.0. The smallest absolute Gasteiger partial charge is 0.391 e. The minimum Gasteiger partial charge on any atom is -0.391 e. The highest BCUT2D eigenvalue weighted by atomic mass is 35.5. The molecular formula is C22H20ClN7O3. The van der Waals surface area contributed by atoms with Gasteiger partial charge in [0.1, 0.15) is 5.52 Å². The number of carbonyl (C=O) groups excluding carboxylic acids is 2. The molecule has 0 fully saturated rings. The number of carbonyl (C=O) groups is 2. The van der Waals surface area contributed by atoms with Gasteiger partial charge in [0.25, 0.3) is 5.91 Å². The molecule has 1 aliphatic rings. The molecule has 0 aliphatic carbocycles. The topological polar surface area (TPSA) is 129 Å². The number of hydrogen-bond donors (Lipinski definition) is 3. The molecule has 2 aromatic heterocycles. The Morgan fingerprint density at radius 2 is 2.09 bits per heavy atom. The third-order valence-corrected chi connectivity index (χ3v) is 5.75. The summed E-state index contributed by atoms with van der Waals surface area (Å²) in [4.78, 5) is 26.9. The Hall–Kier alpha value is -3.92. The Balaban J connectivity index is 1.18. The SMILES string of the molecule is O=C(NCCc1cccc(Cl)c1)Oc1[nH]nc2c1CCN(C(=O)c1ccc3[nH]nnc3c1)C2. The lowest BCUT2D eigenvalue weighted by Gasteiger charge is -2.26. The van der Waals surface area contributed by atoms with Crippen LogP contribution in [0.25, 0.3) is 11.0 Å². The number of halogens is 1. The molecule has 0 saturated carbocycles. The fourth-order valence-electron chi connectivity index (χ4n) is 3.82. The van der Waals surface area contributed by atoms with Crippen LogP contribution in [-0.2, 0) is 19.4 Å². The number of nitrogens with zero attached hydrogens (tertiary/aromatic N) is 4. The van der Waals surface area contributed by atoms with Crippen LogP contribution in [0, 0.1) is 0 Å². The maximum absolute atomic E-state index is 12.9. The second-order valence-corrected chi connectivity index (χ2v) is 8.13. The molecule has 10 nitrogen and oxygen atoms in total. The van der Waals surface area contributed by atoms with Gasteiger partial charge in [-0.1, -0.05) is 28.9 Å². The van der Waals surface area contributed by atoms with Gasteiger partial charge in [-0.15, -0.1) is 5.10 Å². The van der Waals surface area contributed by atoms with Gasteiger partial charge in [-0.2, -0.15) is 5.10 Å². The van der Waals surface area contributed by atoms with Gasteiger partial charge in [-0.05, 0) is 48.7 Å². The summed E-state index contributed by atoms with van der Waals surface area (Å²) in [7, 11) is 0. The molecule has 0 saturated heterocycles. The molecule has 2 aromatic carbocycles. The van der Waals surface area contributed by atoms with Gasteiger partial charge < -0.3 is 15.0 Å². The molecule has 0 atom stereocenters. The third-order valence-electron chi connectivity index (χ3n) is 5.51.